The molecule has 1 rings (SSSR count). The first-order chi connectivity index (χ1) is 3.71. The zero-order valence-electron chi connectivity index (χ0n) is 4.88. The molecule has 0 unspecified atom stereocenters. The van der Waals surface area contributed by atoms with Gasteiger partial charge in [0.1, 0.15) is 12.3 Å². The van der Waals surface area contributed by atoms with Crippen LogP contribution >= 0.6 is 7.72 Å². The van der Waals surface area contributed by atoms with Crippen LogP contribution in [0.15, 0.2) is 0 Å². The highest BCUT2D eigenvalue weighted by Gasteiger charge is 2.34. The van der Waals surface area contributed by atoms with E-state index < -0.39 is 7.72 Å². The Bertz CT molecular complexity index is 74.5. The maximum Gasteiger partial charge on any atom is 0.267 e. The van der Waals surface area contributed by atoms with Gasteiger partial charge in [-0.1, -0.05) is 0 Å². The molecule has 1 saturated heterocycles. The van der Waals surface area contributed by atoms with E-state index in [2.05, 4.69) is 0 Å². The summed E-state index contributed by atoms with van der Waals surface area (Å²) in [4.78, 5) is 18.1. The molecule has 0 atom stereocenters. The fourth-order valence-electron chi connectivity index (χ4n) is 1.02. The van der Waals surface area contributed by atoms with Crippen molar-refractivity contribution in [1.82, 2.24) is 0 Å². The molecule has 1 heterocycles. The van der Waals surface area contributed by atoms with Gasteiger partial charge in [-0.25, -0.2) is 9.79 Å². The lowest BCUT2D eigenvalue weighted by molar-refractivity contribution is 0.432. The van der Waals surface area contributed by atoms with Crippen molar-refractivity contribution in [1.29, 1.82) is 0 Å². The summed E-state index contributed by atoms with van der Waals surface area (Å²) >= 11 is 0. The SMILES string of the molecule is O[P+]1(O)CCCCC1. The Kier molecular flexibility index (Phi) is 1.86. The molecule has 0 radical (unpaired) electrons. The van der Waals surface area contributed by atoms with Crippen LogP contribution in [0.5, 0.6) is 0 Å². The first-order valence-electron chi connectivity index (χ1n) is 3.03. The molecule has 0 amide bonds. The van der Waals surface area contributed by atoms with Crippen LogP contribution in [0.2, 0.25) is 0 Å². The molecule has 1 aliphatic heterocycles. The lowest BCUT2D eigenvalue weighted by atomic mass is 10.3. The lowest BCUT2D eigenvalue weighted by Crippen LogP contribution is -2.07. The summed E-state index contributed by atoms with van der Waals surface area (Å²) in [6.45, 7) is 0. The fourth-order valence-corrected chi connectivity index (χ4v) is 2.70. The zero-order valence-corrected chi connectivity index (χ0v) is 5.77. The maximum atomic E-state index is 9.04. The highest BCUT2D eigenvalue weighted by molar-refractivity contribution is 7.64. The lowest BCUT2D eigenvalue weighted by Gasteiger charge is -2.16. The van der Waals surface area contributed by atoms with Crippen LogP contribution in [-0.4, -0.2) is 22.1 Å². The molecule has 0 saturated carbocycles. The van der Waals surface area contributed by atoms with Gasteiger partial charge >= 0.3 is 0 Å². The van der Waals surface area contributed by atoms with Crippen molar-refractivity contribution >= 4 is 7.72 Å². The second kappa shape index (κ2) is 2.30. The van der Waals surface area contributed by atoms with E-state index in [9.17, 15) is 0 Å². The Morgan fingerprint density at radius 2 is 1.38 bits per heavy atom. The quantitative estimate of drug-likeness (QED) is 0.486. The van der Waals surface area contributed by atoms with Gasteiger partial charge in [0.25, 0.3) is 7.72 Å². The Hall–Kier alpha value is 0.350. The fraction of sp³-hybridized carbons (Fsp3) is 1.00. The topological polar surface area (TPSA) is 40.5 Å². The minimum Gasteiger partial charge on any atom is -0.220 e. The van der Waals surface area contributed by atoms with Crippen molar-refractivity contribution in [2.75, 3.05) is 12.3 Å². The predicted octanol–water partition coefficient (Wildman–Crippen LogP) is 1.00. The summed E-state index contributed by atoms with van der Waals surface area (Å²) in [6.07, 6.45) is 4.56. The van der Waals surface area contributed by atoms with Crippen molar-refractivity contribution in [3.63, 3.8) is 0 Å². The maximum absolute atomic E-state index is 9.04. The van der Waals surface area contributed by atoms with Crippen LogP contribution < -0.4 is 0 Å². The molecule has 1 aliphatic rings. The Morgan fingerprint density at radius 3 is 1.62 bits per heavy atom. The zero-order chi connectivity index (χ0) is 6.04. The van der Waals surface area contributed by atoms with E-state index in [1.807, 2.05) is 0 Å². The number of rotatable bonds is 0. The first-order valence-corrected chi connectivity index (χ1v) is 5.10. The van der Waals surface area contributed by atoms with Gasteiger partial charge in [0.05, 0.1) is 0 Å². The van der Waals surface area contributed by atoms with Gasteiger partial charge in [0.2, 0.25) is 0 Å². The molecule has 0 bridgehead atoms. The summed E-state index contributed by atoms with van der Waals surface area (Å²) in [5.41, 5.74) is 0. The van der Waals surface area contributed by atoms with Crippen LogP contribution in [0.3, 0.4) is 0 Å². The molecule has 0 aromatic rings. The van der Waals surface area contributed by atoms with E-state index in [4.69, 9.17) is 9.79 Å². The van der Waals surface area contributed by atoms with E-state index in [1.54, 1.807) is 0 Å². The minimum atomic E-state index is -2.34. The van der Waals surface area contributed by atoms with Crippen LogP contribution in [0.1, 0.15) is 19.3 Å². The third kappa shape index (κ3) is 1.70. The smallest absolute Gasteiger partial charge is 0.220 e. The first kappa shape index (κ1) is 6.47. The van der Waals surface area contributed by atoms with E-state index in [-0.39, 0.29) is 0 Å². The molecule has 0 aliphatic carbocycles. The Balaban J connectivity index is 2.33. The molecule has 3 heteroatoms. The van der Waals surface area contributed by atoms with Crippen molar-refractivity contribution in [3.8, 4) is 0 Å². The molecule has 2 nitrogen and oxygen atoms in total. The average molecular weight is 135 g/mol. The van der Waals surface area contributed by atoms with Crippen molar-refractivity contribution in [2.45, 2.75) is 19.3 Å². The molecule has 8 heavy (non-hydrogen) atoms. The summed E-state index contributed by atoms with van der Waals surface area (Å²) < 4.78 is 0. The van der Waals surface area contributed by atoms with Gasteiger partial charge in [-0.05, 0) is 19.3 Å². The summed E-state index contributed by atoms with van der Waals surface area (Å²) in [5, 5.41) is 0. The second-order valence-electron chi connectivity index (χ2n) is 2.39. The van der Waals surface area contributed by atoms with E-state index in [0.717, 1.165) is 12.8 Å². The molecule has 1 fully saturated rings. The average Bonchev–Trinajstić information content (AvgIpc) is 1.65. The van der Waals surface area contributed by atoms with Crippen LogP contribution in [0, 0.1) is 0 Å². The standard InChI is InChI=1S/C5H12O2P/c6-8(7)4-2-1-3-5-8/h6-7H,1-5H2/q+1. The number of hydrogen-bond donors (Lipinski definition) is 2. The van der Waals surface area contributed by atoms with Gasteiger partial charge in [-0.2, -0.15) is 0 Å². The van der Waals surface area contributed by atoms with Gasteiger partial charge in [0.15, 0.2) is 0 Å². The van der Waals surface area contributed by atoms with Gasteiger partial charge in [-0.15, -0.1) is 0 Å². The third-order valence-electron chi connectivity index (χ3n) is 1.53. The van der Waals surface area contributed by atoms with Crippen molar-refractivity contribution in [3.05, 3.63) is 0 Å². The van der Waals surface area contributed by atoms with Crippen LogP contribution in [-0.2, 0) is 0 Å². The molecule has 0 spiro atoms. The van der Waals surface area contributed by atoms with Crippen molar-refractivity contribution in [2.24, 2.45) is 0 Å². The van der Waals surface area contributed by atoms with Crippen molar-refractivity contribution < 1.29 is 9.79 Å². The Morgan fingerprint density at radius 1 is 0.875 bits per heavy atom. The molecular weight excluding hydrogens is 123 g/mol. The summed E-state index contributed by atoms with van der Waals surface area (Å²) in [6, 6.07) is 0. The molecule has 0 aromatic carbocycles. The van der Waals surface area contributed by atoms with Gasteiger partial charge in [-0.3, -0.25) is 0 Å². The van der Waals surface area contributed by atoms with Crippen LogP contribution in [0.4, 0.5) is 0 Å². The molecule has 2 N–H and O–H groups in total. The van der Waals surface area contributed by atoms with E-state index >= 15 is 0 Å². The Labute approximate surface area is 50.0 Å². The van der Waals surface area contributed by atoms with Crippen LogP contribution in [0.25, 0.3) is 0 Å². The molecule has 48 valence electrons. The highest BCUT2D eigenvalue weighted by atomic mass is 31.2. The largest absolute Gasteiger partial charge is 0.267 e. The van der Waals surface area contributed by atoms with Gasteiger partial charge in [0, 0.05) is 0 Å². The summed E-state index contributed by atoms with van der Waals surface area (Å²) in [7, 11) is -2.34. The third-order valence-corrected chi connectivity index (χ3v) is 3.60. The highest BCUT2D eigenvalue weighted by Crippen LogP contribution is 2.53. The normalized spacial score (nSPS) is 27.8. The van der Waals surface area contributed by atoms with E-state index in [1.165, 1.54) is 6.42 Å². The molecular formula is C5H12O2P+. The second-order valence-corrected chi connectivity index (χ2v) is 5.04. The molecule has 0 aromatic heterocycles. The number of hydrogen-bond acceptors (Lipinski definition) is 2. The monoisotopic (exact) mass is 135 g/mol. The van der Waals surface area contributed by atoms with E-state index in [0.29, 0.717) is 12.3 Å². The minimum absolute atomic E-state index is 0.674. The van der Waals surface area contributed by atoms with Gasteiger partial charge < -0.3 is 0 Å². The predicted molar refractivity (Wildman–Crippen MR) is 34.9 cm³/mol. The summed E-state index contributed by atoms with van der Waals surface area (Å²) in [5.74, 6) is 0.